The number of hydrogen-bond donors (Lipinski definition) is 0. The first-order valence-electron chi connectivity index (χ1n) is 6.54. The molecule has 0 aliphatic carbocycles. The average Bonchev–Trinajstić information content (AvgIpc) is 2.72. The van der Waals surface area contributed by atoms with Gasteiger partial charge in [-0.2, -0.15) is 4.99 Å². The van der Waals surface area contributed by atoms with Crippen LogP contribution < -0.4 is 4.80 Å². The quantitative estimate of drug-likeness (QED) is 0.830. The number of methoxy groups -OCH3 is 1. The van der Waals surface area contributed by atoms with E-state index in [9.17, 15) is 4.79 Å². The predicted octanol–water partition coefficient (Wildman–Crippen LogP) is 3.32. The van der Waals surface area contributed by atoms with Gasteiger partial charge in [-0.15, -0.1) is 11.3 Å². The Balaban J connectivity index is 2.43. The maximum absolute atomic E-state index is 12.3. The Hall–Kier alpha value is -1.24. The van der Waals surface area contributed by atoms with Crippen LogP contribution in [-0.2, 0) is 11.3 Å². The monoisotopic (exact) mass is 368 g/mol. The van der Waals surface area contributed by atoms with Gasteiger partial charge in [0.15, 0.2) is 4.80 Å². The first-order valence-corrected chi connectivity index (χ1v) is 8.15. The van der Waals surface area contributed by atoms with Crippen LogP contribution in [0.4, 0.5) is 0 Å². The molecule has 4 nitrogen and oxygen atoms in total. The SMILES string of the molecule is COCCn1c(C)c(C)sc1=NC(=O)c1ccccc1Br. The first kappa shape index (κ1) is 16.1. The van der Waals surface area contributed by atoms with Gasteiger partial charge in [-0.25, -0.2) is 0 Å². The zero-order valence-electron chi connectivity index (χ0n) is 12.2. The fraction of sp³-hybridized carbons (Fsp3) is 0.333. The molecule has 0 fully saturated rings. The van der Waals surface area contributed by atoms with Gasteiger partial charge < -0.3 is 9.30 Å². The molecule has 6 heteroatoms. The molecule has 1 amide bonds. The molecular formula is C15H17BrN2O2S. The standard InChI is InChI=1S/C15H17BrN2O2S/c1-10-11(2)21-15(18(10)8-9-20-3)17-14(19)12-6-4-5-7-13(12)16/h4-7H,8-9H2,1-3H3. The maximum atomic E-state index is 12.3. The third-order valence-corrected chi connectivity index (χ3v) is 5.00. The van der Waals surface area contributed by atoms with E-state index in [0.29, 0.717) is 23.5 Å². The maximum Gasteiger partial charge on any atom is 0.280 e. The summed E-state index contributed by atoms with van der Waals surface area (Å²) in [6.45, 7) is 5.34. The molecule has 0 aliphatic rings. The summed E-state index contributed by atoms with van der Waals surface area (Å²) >= 11 is 4.91. The minimum Gasteiger partial charge on any atom is -0.383 e. The molecule has 112 valence electrons. The van der Waals surface area contributed by atoms with Crippen molar-refractivity contribution in [2.75, 3.05) is 13.7 Å². The number of nitrogens with zero attached hydrogens (tertiary/aromatic N) is 2. The Morgan fingerprint density at radius 1 is 1.38 bits per heavy atom. The van der Waals surface area contributed by atoms with Gasteiger partial charge in [0.25, 0.3) is 5.91 Å². The van der Waals surface area contributed by atoms with Crippen LogP contribution in [0.5, 0.6) is 0 Å². The number of thiazole rings is 1. The number of carbonyl (C=O) groups excluding carboxylic acids is 1. The van der Waals surface area contributed by atoms with Gasteiger partial charge >= 0.3 is 0 Å². The molecule has 2 rings (SSSR count). The Morgan fingerprint density at radius 2 is 2.10 bits per heavy atom. The number of amides is 1. The number of ether oxygens (including phenoxy) is 1. The summed E-state index contributed by atoms with van der Waals surface area (Å²) in [7, 11) is 1.66. The summed E-state index contributed by atoms with van der Waals surface area (Å²) in [5.41, 5.74) is 1.69. The highest BCUT2D eigenvalue weighted by molar-refractivity contribution is 9.10. The molecule has 0 saturated carbocycles. The van der Waals surface area contributed by atoms with Gasteiger partial charge in [0.05, 0.1) is 12.2 Å². The van der Waals surface area contributed by atoms with E-state index < -0.39 is 0 Å². The zero-order chi connectivity index (χ0) is 15.4. The van der Waals surface area contributed by atoms with Crippen molar-refractivity contribution in [1.82, 2.24) is 4.57 Å². The number of hydrogen-bond acceptors (Lipinski definition) is 3. The second-order valence-corrected chi connectivity index (χ2v) is 6.60. The number of carbonyl (C=O) groups is 1. The van der Waals surface area contributed by atoms with Crippen molar-refractivity contribution >= 4 is 33.2 Å². The number of aromatic nitrogens is 1. The van der Waals surface area contributed by atoms with Gasteiger partial charge in [-0.05, 0) is 41.9 Å². The predicted molar refractivity (Wildman–Crippen MR) is 87.7 cm³/mol. The van der Waals surface area contributed by atoms with Crippen molar-refractivity contribution in [3.63, 3.8) is 0 Å². The molecule has 1 heterocycles. The minimum absolute atomic E-state index is 0.241. The van der Waals surface area contributed by atoms with Gasteiger partial charge in [0.1, 0.15) is 0 Å². The molecule has 0 atom stereocenters. The van der Waals surface area contributed by atoms with E-state index in [1.165, 1.54) is 11.3 Å². The number of aryl methyl sites for hydroxylation is 1. The van der Waals surface area contributed by atoms with Crippen molar-refractivity contribution in [2.45, 2.75) is 20.4 Å². The molecule has 0 unspecified atom stereocenters. The Labute approximate surface area is 136 Å². The zero-order valence-corrected chi connectivity index (χ0v) is 14.6. The fourth-order valence-corrected chi connectivity index (χ4v) is 3.36. The topological polar surface area (TPSA) is 43.6 Å². The highest BCUT2D eigenvalue weighted by Gasteiger charge is 2.11. The summed E-state index contributed by atoms with van der Waals surface area (Å²) in [6, 6.07) is 7.31. The van der Waals surface area contributed by atoms with Crippen LogP contribution in [0.1, 0.15) is 20.9 Å². The Morgan fingerprint density at radius 3 is 2.76 bits per heavy atom. The molecule has 0 bridgehead atoms. The fourth-order valence-electron chi connectivity index (χ4n) is 1.91. The van der Waals surface area contributed by atoms with Crippen molar-refractivity contribution < 1.29 is 9.53 Å². The molecule has 1 aromatic heterocycles. The van der Waals surface area contributed by atoms with E-state index in [-0.39, 0.29) is 5.91 Å². The van der Waals surface area contributed by atoms with E-state index >= 15 is 0 Å². The summed E-state index contributed by atoms with van der Waals surface area (Å²) in [5, 5.41) is 0. The van der Waals surface area contributed by atoms with Crippen LogP contribution in [0.3, 0.4) is 0 Å². The number of halogens is 1. The van der Waals surface area contributed by atoms with Gasteiger partial charge in [0, 0.05) is 28.7 Å². The third-order valence-electron chi connectivity index (χ3n) is 3.21. The summed E-state index contributed by atoms with van der Waals surface area (Å²) in [4.78, 5) is 18.5. The Bertz CT molecular complexity index is 719. The van der Waals surface area contributed by atoms with E-state index in [0.717, 1.165) is 15.0 Å². The first-order chi connectivity index (χ1) is 10.0. The molecule has 0 radical (unpaired) electrons. The van der Waals surface area contributed by atoms with Crippen LogP contribution in [0.25, 0.3) is 0 Å². The second kappa shape index (κ2) is 7.15. The average molecular weight is 369 g/mol. The third kappa shape index (κ3) is 3.70. The lowest BCUT2D eigenvalue weighted by Gasteiger charge is -2.05. The van der Waals surface area contributed by atoms with E-state index in [4.69, 9.17) is 4.74 Å². The molecular weight excluding hydrogens is 352 g/mol. The van der Waals surface area contributed by atoms with Crippen molar-refractivity contribution in [3.05, 3.63) is 49.7 Å². The molecule has 1 aromatic carbocycles. The second-order valence-electron chi connectivity index (χ2n) is 4.57. The largest absolute Gasteiger partial charge is 0.383 e. The van der Waals surface area contributed by atoms with Crippen LogP contribution in [0, 0.1) is 13.8 Å². The molecule has 0 N–H and O–H groups in total. The van der Waals surface area contributed by atoms with E-state index in [1.807, 2.05) is 36.6 Å². The molecule has 0 spiro atoms. The summed E-state index contributed by atoms with van der Waals surface area (Å²) < 4.78 is 7.91. The van der Waals surface area contributed by atoms with E-state index in [2.05, 4.69) is 20.9 Å². The lowest BCUT2D eigenvalue weighted by Crippen LogP contribution is -2.20. The van der Waals surface area contributed by atoms with E-state index in [1.54, 1.807) is 13.2 Å². The lowest BCUT2D eigenvalue weighted by molar-refractivity contribution is 0.0996. The van der Waals surface area contributed by atoms with Crippen molar-refractivity contribution in [2.24, 2.45) is 4.99 Å². The van der Waals surface area contributed by atoms with Crippen LogP contribution >= 0.6 is 27.3 Å². The minimum atomic E-state index is -0.241. The van der Waals surface area contributed by atoms with Gasteiger partial charge in [0.2, 0.25) is 0 Å². The molecule has 21 heavy (non-hydrogen) atoms. The molecule has 0 saturated heterocycles. The summed E-state index contributed by atoms with van der Waals surface area (Å²) in [6.07, 6.45) is 0. The lowest BCUT2D eigenvalue weighted by atomic mass is 10.2. The van der Waals surface area contributed by atoms with Gasteiger partial charge in [-0.3, -0.25) is 4.79 Å². The van der Waals surface area contributed by atoms with Gasteiger partial charge in [-0.1, -0.05) is 12.1 Å². The van der Waals surface area contributed by atoms with Crippen LogP contribution in [-0.4, -0.2) is 24.2 Å². The molecule has 0 aliphatic heterocycles. The van der Waals surface area contributed by atoms with Crippen molar-refractivity contribution in [3.8, 4) is 0 Å². The highest BCUT2D eigenvalue weighted by Crippen LogP contribution is 2.17. The molecule has 2 aromatic rings. The van der Waals surface area contributed by atoms with Crippen LogP contribution in [0.15, 0.2) is 33.7 Å². The Kier molecular flexibility index (Phi) is 5.50. The van der Waals surface area contributed by atoms with Crippen LogP contribution in [0.2, 0.25) is 0 Å². The normalized spacial score (nSPS) is 11.9. The van der Waals surface area contributed by atoms with Crippen molar-refractivity contribution in [1.29, 1.82) is 0 Å². The summed E-state index contributed by atoms with van der Waals surface area (Å²) in [5.74, 6) is -0.241. The number of benzene rings is 1. The number of rotatable bonds is 4. The smallest absolute Gasteiger partial charge is 0.280 e. The highest BCUT2D eigenvalue weighted by atomic mass is 79.9.